The summed E-state index contributed by atoms with van der Waals surface area (Å²) in [6.45, 7) is 8.16. The van der Waals surface area contributed by atoms with E-state index in [0.717, 1.165) is 19.0 Å². The molecule has 0 aromatic carbocycles. The maximum atomic E-state index is 8.82. The molecule has 1 aliphatic heterocycles. The van der Waals surface area contributed by atoms with Gasteiger partial charge in [0, 0.05) is 24.5 Å². The molecule has 0 aromatic rings. The van der Waals surface area contributed by atoms with Gasteiger partial charge in [0.25, 0.3) is 0 Å². The van der Waals surface area contributed by atoms with Crippen LogP contribution in [-0.4, -0.2) is 36.8 Å². The van der Waals surface area contributed by atoms with Crippen LogP contribution in [0.4, 0.5) is 0 Å². The molecular weight excluding hydrogens is 166 g/mol. The first kappa shape index (κ1) is 10.3. The SMILES string of the molecule is CC(CO)NC1=NCC(C)(C)CN1. The van der Waals surface area contributed by atoms with Gasteiger partial charge in [0.05, 0.1) is 6.61 Å². The highest BCUT2D eigenvalue weighted by Crippen LogP contribution is 2.15. The van der Waals surface area contributed by atoms with Crippen molar-refractivity contribution in [1.82, 2.24) is 10.6 Å². The second kappa shape index (κ2) is 3.96. The quantitative estimate of drug-likeness (QED) is 0.565. The zero-order chi connectivity index (χ0) is 9.90. The Labute approximate surface area is 79.4 Å². The molecule has 0 spiro atoms. The molecule has 1 rings (SSSR count). The third kappa shape index (κ3) is 3.22. The Morgan fingerprint density at radius 1 is 1.69 bits per heavy atom. The van der Waals surface area contributed by atoms with E-state index in [0.29, 0.717) is 0 Å². The lowest BCUT2D eigenvalue weighted by atomic mass is 9.93. The molecule has 1 unspecified atom stereocenters. The van der Waals surface area contributed by atoms with Crippen LogP contribution in [0.5, 0.6) is 0 Å². The first-order chi connectivity index (χ1) is 6.03. The Morgan fingerprint density at radius 3 is 2.85 bits per heavy atom. The number of nitrogens with one attached hydrogen (secondary N) is 2. The van der Waals surface area contributed by atoms with Gasteiger partial charge >= 0.3 is 0 Å². The smallest absolute Gasteiger partial charge is 0.191 e. The number of aliphatic hydroxyl groups is 1. The minimum absolute atomic E-state index is 0.0625. The van der Waals surface area contributed by atoms with E-state index in [-0.39, 0.29) is 18.1 Å². The molecule has 13 heavy (non-hydrogen) atoms. The highest BCUT2D eigenvalue weighted by molar-refractivity contribution is 5.80. The zero-order valence-electron chi connectivity index (χ0n) is 8.59. The van der Waals surface area contributed by atoms with Crippen LogP contribution in [0.2, 0.25) is 0 Å². The standard InChI is InChI=1S/C9H19N3O/c1-7(4-13)12-8-10-5-9(2,3)6-11-8/h7,13H,4-6H2,1-3H3,(H2,10,11,12). The number of rotatable bonds is 2. The molecule has 1 heterocycles. The van der Waals surface area contributed by atoms with E-state index in [9.17, 15) is 0 Å². The summed E-state index contributed by atoms with van der Waals surface area (Å²) < 4.78 is 0. The van der Waals surface area contributed by atoms with Crippen molar-refractivity contribution >= 4 is 5.96 Å². The summed E-state index contributed by atoms with van der Waals surface area (Å²) in [5.41, 5.74) is 0.244. The van der Waals surface area contributed by atoms with Crippen molar-refractivity contribution in [3.05, 3.63) is 0 Å². The number of nitrogens with zero attached hydrogens (tertiary/aromatic N) is 1. The van der Waals surface area contributed by atoms with Crippen LogP contribution in [-0.2, 0) is 0 Å². The van der Waals surface area contributed by atoms with Crippen molar-refractivity contribution in [3.63, 3.8) is 0 Å². The minimum atomic E-state index is 0.0625. The van der Waals surface area contributed by atoms with Gasteiger partial charge in [0.1, 0.15) is 0 Å². The van der Waals surface area contributed by atoms with Crippen molar-refractivity contribution in [2.75, 3.05) is 19.7 Å². The number of aliphatic hydroxyl groups excluding tert-OH is 1. The molecule has 76 valence electrons. The molecule has 0 radical (unpaired) electrons. The van der Waals surface area contributed by atoms with Crippen LogP contribution in [0.1, 0.15) is 20.8 Å². The lowest BCUT2D eigenvalue weighted by Crippen LogP contribution is -2.50. The van der Waals surface area contributed by atoms with Gasteiger partial charge in [-0.3, -0.25) is 4.99 Å². The third-order valence-electron chi connectivity index (χ3n) is 2.06. The summed E-state index contributed by atoms with van der Waals surface area (Å²) in [4.78, 5) is 4.35. The van der Waals surface area contributed by atoms with Crippen LogP contribution in [0.25, 0.3) is 0 Å². The highest BCUT2D eigenvalue weighted by Gasteiger charge is 2.22. The number of aliphatic imine (C=N–C) groups is 1. The average molecular weight is 185 g/mol. The van der Waals surface area contributed by atoms with Crippen LogP contribution in [0, 0.1) is 5.41 Å². The van der Waals surface area contributed by atoms with E-state index in [4.69, 9.17) is 5.11 Å². The van der Waals surface area contributed by atoms with Crippen molar-refractivity contribution in [3.8, 4) is 0 Å². The van der Waals surface area contributed by atoms with E-state index in [2.05, 4.69) is 29.5 Å². The van der Waals surface area contributed by atoms with Gasteiger partial charge in [-0.2, -0.15) is 0 Å². The predicted octanol–water partition coefficient (Wildman–Crippen LogP) is -0.0578. The van der Waals surface area contributed by atoms with Gasteiger partial charge in [0.15, 0.2) is 5.96 Å². The second-order valence-electron chi connectivity index (χ2n) is 4.41. The van der Waals surface area contributed by atoms with Crippen molar-refractivity contribution in [1.29, 1.82) is 0 Å². The van der Waals surface area contributed by atoms with Gasteiger partial charge in [-0.25, -0.2) is 0 Å². The van der Waals surface area contributed by atoms with Crippen LogP contribution >= 0.6 is 0 Å². The monoisotopic (exact) mass is 185 g/mol. The van der Waals surface area contributed by atoms with Crippen molar-refractivity contribution < 1.29 is 5.11 Å². The Bertz CT molecular complexity index is 201. The molecule has 0 amide bonds. The average Bonchev–Trinajstić information content (AvgIpc) is 2.08. The first-order valence-electron chi connectivity index (χ1n) is 4.69. The van der Waals surface area contributed by atoms with Gasteiger partial charge in [0.2, 0.25) is 0 Å². The normalized spacial score (nSPS) is 22.9. The molecule has 0 fully saturated rings. The molecule has 4 heteroatoms. The molecule has 3 N–H and O–H groups in total. The van der Waals surface area contributed by atoms with E-state index in [1.807, 2.05) is 6.92 Å². The fraction of sp³-hybridized carbons (Fsp3) is 0.889. The topological polar surface area (TPSA) is 56.6 Å². The molecule has 0 saturated carbocycles. The van der Waals surface area contributed by atoms with Gasteiger partial charge in [-0.15, -0.1) is 0 Å². The van der Waals surface area contributed by atoms with Crippen LogP contribution in [0.15, 0.2) is 4.99 Å². The summed E-state index contributed by atoms with van der Waals surface area (Å²) in [7, 11) is 0. The fourth-order valence-corrected chi connectivity index (χ4v) is 1.10. The molecule has 0 saturated heterocycles. The number of guanidine groups is 1. The van der Waals surface area contributed by atoms with Gasteiger partial charge in [-0.1, -0.05) is 13.8 Å². The lowest BCUT2D eigenvalue weighted by Gasteiger charge is -2.30. The van der Waals surface area contributed by atoms with Crippen LogP contribution in [0.3, 0.4) is 0 Å². The highest BCUT2D eigenvalue weighted by atomic mass is 16.3. The van der Waals surface area contributed by atoms with Crippen molar-refractivity contribution in [2.24, 2.45) is 10.4 Å². The summed E-state index contributed by atoms with van der Waals surface area (Å²) in [5.74, 6) is 0.806. The van der Waals surface area contributed by atoms with E-state index in [1.165, 1.54) is 0 Å². The molecule has 4 nitrogen and oxygen atoms in total. The summed E-state index contributed by atoms with van der Waals surface area (Å²) in [5, 5.41) is 15.1. The maximum Gasteiger partial charge on any atom is 0.191 e. The van der Waals surface area contributed by atoms with E-state index < -0.39 is 0 Å². The first-order valence-corrected chi connectivity index (χ1v) is 4.69. The predicted molar refractivity (Wildman–Crippen MR) is 53.8 cm³/mol. The maximum absolute atomic E-state index is 8.82. The second-order valence-corrected chi connectivity index (χ2v) is 4.41. The van der Waals surface area contributed by atoms with E-state index in [1.54, 1.807) is 0 Å². The molecule has 0 aliphatic carbocycles. The number of hydrogen-bond donors (Lipinski definition) is 3. The third-order valence-corrected chi connectivity index (χ3v) is 2.06. The van der Waals surface area contributed by atoms with Gasteiger partial charge in [-0.05, 0) is 6.92 Å². The lowest BCUT2D eigenvalue weighted by molar-refractivity contribution is 0.261. The zero-order valence-corrected chi connectivity index (χ0v) is 8.59. The fourth-order valence-electron chi connectivity index (χ4n) is 1.10. The Morgan fingerprint density at radius 2 is 2.38 bits per heavy atom. The van der Waals surface area contributed by atoms with Gasteiger partial charge < -0.3 is 15.7 Å². The summed E-state index contributed by atoms with van der Waals surface area (Å²) in [6.07, 6.45) is 0. The largest absolute Gasteiger partial charge is 0.394 e. The Balaban J connectivity index is 2.42. The van der Waals surface area contributed by atoms with Crippen LogP contribution < -0.4 is 10.6 Å². The molecule has 0 bridgehead atoms. The molecule has 0 aromatic heterocycles. The molecule has 1 aliphatic rings. The minimum Gasteiger partial charge on any atom is -0.394 e. The van der Waals surface area contributed by atoms with Crippen molar-refractivity contribution in [2.45, 2.75) is 26.8 Å². The number of hydrogen-bond acceptors (Lipinski definition) is 4. The molecular formula is C9H19N3O. The van der Waals surface area contributed by atoms with E-state index >= 15 is 0 Å². The molecule has 1 atom stereocenters. The summed E-state index contributed by atoms with van der Waals surface area (Å²) in [6, 6.07) is 0.0625. The Kier molecular flexibility index (Phi) is 3.14. The summed E-state index contributed by atoms with van der Waals surface area (Å²) >= 11 is 0. The Hall–Kier alpha value is -0.770.